The maximum atomic E-state index is 13.2. The summed E-state index contributed by atoms with van der Waals surface area (Å²) in [6, 6.07) is 14.7. The number of aromatic nitrogens is 2. The van der Waals surface area contributed by atoms with Crippen LogP contribution in [0.25, 0.3) is 10.9 Å². The van der Waals surface area contributed by atoms with Crippen LogP contribution in [0.4, 0.5) is 0 Å². The molecule has 0 spiro atoms. The molecule has 4 rings (SSSR count). The van der Waals surface area contributed by atoms with E-state index < -0.39 is 5.56 Å². The number of carbonyl (C=O) groups excluding carboxylic acids is 1. The standard InChI is InChI=1S/C23H21N3O3S/c1-26-18-6-3-2-5-16(18)22(28)21(23(26)29)19(27)13-17(20-7-4-12-30-20)25-14-15-8-10-24-11-9-15/h2-12,17,25,28H,13-14H2,1H3/p+1/t17-/m0/s1. The van der Waals surface area contributed by atoms with Gasteiger partial charge in [-0.05, 0) is 35.7 Å². The van der Waals surface area contributed by atoms with E-state index in [1.807, 2.05) is 29.6 Å². The van der Waals surface area contributed by atoms with Crippen LogP contribution < -0.4 is 10.9 Å². The largest absolute Gasteiger partial charge is 0.506 e. The van der Waals surface area contributed by atoms with Crippen LogP contribution in [0.3, 0.4) is 0 Å². The highest BCUT2D eigenvalue weighted by Gasteiger charge is 2.26. The third-order valence-corrected chi connectivity index (χ3v) is 6.26. The highest BCUT2D eigenvalue weighted by molar-refractivity contribution is 7.10. The van der Waals surface area contributed by atoms with Gasteiger partial charge in [0, 0.05) is 30.4 Å². The first-order chi connectivity index (χ1) is 14.6. The van der Waals surface area contributed by atoms with E-state index in [1.54, 1.807) is 55.0 Å². The van der Waals surface area contributed by atoms with Gasteiger partial charge < -0.3 is 15.0 Å². The van der Waals surface area contributed by atoms with Crippen molar-refractivity contribution in [2.24, 2.45) is 7.05 Å². The van der Waals surface area contributed by atoms with E-state index in [0.29, 0.717) is 17.4 Å². The van der Waals surface area contributed by atoms with Gasteiger partial charge in [0.15, 0.2) is 5.78 Å². The molecule has 1 aromatic carbocycles. The molecule has 3 heterocycles. The Labute approximate surface area is 177 Å². The van der Waals surface area contributed by atoms with Crippen LogP contribution in [-0.2, 0) is 13.6 Å². The lowest BCUT2D eigenvalue weighted by molar-refractivity contribution is -0.709. The molecular weight excluding hydrogens is 398 g/mol. The van der Waals surface area contributed by atoms with E-state index in [2.05, 4.69) is 10.3 Å². The first-order valence-electron chi connectivity index (χ1n) is 9.65. The van der Waals surface area contributed by atoms with E-state index in [-0.39, 0.29) is 29.6 Å². The van der Waals surface area contributed by atoms with Crippen LogP contribution in [0.5, 0.6) is 5.75 Å². The Balaban J connectivity index is 1.65. The number of para-hydroxylation sites is 1. The van der Waals surface area contributed by atoms with Crippen molar-refractivity contribution in [3.63, 3.8) is 0 Å². The molecule has 0 bridgehead atoms. The SMILES string of the molecule is Cn1c(=O)c(C(=O)C[C@H]([NH2+]Cc2ccncc2)c2cccs2)c(O)c2ccccc21. The zero-order valence-electron chi connectivity index (χ0n) is 16.5. The van der Waals surface area contributed by atoms with Crippen molar-refractivity contribution in [2.75, 3.05) is 0 Å². The number of carbonyl (C=O) groups is 1. The zero-order valence-corrected chi connectivity index (χ0v) is 17.3. The predicted molar refractivity (Wildman–Crippen MR) is 117 cm³/mol. The number of hydrogen-bond acceptors (Lipinski definition) is 5. The normalized spacial score (nSPS) is 12.2. The molecule has 0 saturated carbocycles. The number of pyridine rings is 2. The second kappa shape index (κ2) is 8.61. The van der Waals surface area contributed by atoms with Crippen molar-refractivity contribution < 1.29 is 15.2 Å². The number of hydrogen-bond donors (Lipinski definition) is 2. The molecule has 0 fully saturated rings. The number of aryl methyl sites for hydroxylation is 1. The Morgan fingerprint density at radius 3 is 2.67 bits per heavy atom. The Morgan fingerprint density at radius 1 is 1.17 bits per heavy atom. The number of fused-ring (bicyclic) bond motifs is 1. The van der Waals surface area contributed by atoms with E-state index in [0.717, 1.165) is 10.4 Å². The summed E-state index contributed by atoms with van der Waals surface area (Å²) in [5, 5.41) is 15.3. The van der Waals surface area contributed by atoms with Crippen LogP contribution in [0.2, 0.25) is 0 Å². The number of quaternary nitrogens is 1. The van der Waals surface area contributed by atoms with Gasteiger partial charge in [-0.25, -0.2) is 0 Å². The molecule has 1 atom stereocenters. The average molecular weight is 421 g/mol. The van der Waals surface area contributed by atoms with Gasteiger partial charge in [-0.1, -0.05) is 18.2 Å². The molecule has 0 saturated heterocycles. The summed E-state index contributed by atoms with van der Waals surface area (Å²) < 4.78 is 1.42. The number of ketones is 1. The van der Waals surface area contributed by atoms with Crippen molar-refractivity contribution in [1.82, 2.24) is 9.55 Å². The lowest BCUT2D eigenvalue weighted by Gasteiger charge is -2.15. The number of Topliss-reactive ketones (excluding diaryl/α,β-unsaturated/α-hetero) is 1. The number of aromatic hydroxyl groups is 1. The summed E-state index contributed by atoms with van der Waals surface area (Å²) in [7, 11) is 1.62. The van der Waals surface area contributed by atoms with Crippen LogP contribution in [0.1, 0.15) is 33.3 Å². The van der Waals surface area contributed by atoms with Crippen molar-refractivity contribution in [1.29, 1.82) is 0 Å². The van der Waals surface area contributed by atoms with E-state index in [4.69, 9.17) is 0 Å². The molecule has 7 heteroatoms. The topological polar surface area (TPSA) is 88.8 Å². The molecule has 0 aliphatic carbocycles. The quantitative estimate of drug-likeness (QED) is 0.450. The molecule has 0 amide bonds. The van der Waals surface area contributed by atoms with Crippen molar-refractivity contribution in [3.8, 4) is 5.75 Å². The number of benzene rings is 1. The van der Waals surface area contributed by atoms with Gasteiger partial charge in [0.1, 0.15) is 23.9 Å². The van der Waals surface area contributed by atoms with Crippen LogP contribution in [-0.4, -0.2) is 20.4 Å². The molecule has 0 radical (unpaired) electrons. The van der Waals surface area contributed by atoms with E-state index in [1.165, 1.54) is 4.57 Å². The fourth-order valence-corrected chi connectivity index (χ4v) is 4.46. The molecule has 0 aliphatic rings. The summed E-state index contributed by atoms with van der Waals surface area (Å²) in [6.45, 7) is 0.681. The molecular formula is C23H22N3O3S+. The third-order valence-electron chi connectivity index (χ3n) is 5.26. The summed E-state index contributed by atoms with van der Waals surface area (Å²) in [6.07, 6.45) is 3.60. The lowest BCUT2D eigenvalue weighted by atomic mass is 10.0. The van der Waals surface area contributed by atoms with E-state index >= 15 is 0 Å². The number of thiophene rings is 1. The lowest BCUT2D eigenvalue weighted by Crippen LogP contribution is -2.83. The molecule has 152 valence electrons. The maximum Gasteiger partial charge on any atom is 0.265 e. The average Bonchev–Trinajstić information content (AvgIpc) is 3.31. The highest BCUT2D eigenvalue weighted by atomic mass is 32.1. The second-order valence-electron chi connectivity index (χ2n) is 7.15. The first-order valence-corrected chi connectivity index (χ1v) is 10.5. The third kappa shape index (κ3) is 3.90. The fourth-order valence-electron chi connectivity index (χ4n) is 3.63. The minimum absolute atomic E-state index is 0.118. The first kappa shape index (κ1) is 20.0. The van der Waals surface area contributed by atoms with Crippen molar-refractivity contribution >= 4 is 28.0 Å². The number of rotatable bonds is 7. The van der Waals surface area contributed by atoms with Gasteiger partial charge in [-0.3, -0.25) is 14.6 Å². The second-order valence-corrected chi connectivity index (χ2v) is 8.13. The highest BCUT2D eigenvalue weighted by Crippen LogP contribution is 2.28. The summed E-state index contributed by atoms with van der Waals surface area (Å²) in [5.41, 5.74) is 1.07. The molecule has 0 aliphatic heterocycles. The maximum absolute atomic E-state index is 13.2. The van der Waals surface area contributed by atoms with Crippen molar-refractivity contribution in [2.45, 2.75) is 19.0 Å². The molecule has 30 heavy (non-hydrogen) atoms. The smallest absolute Gasteiger partial charge is 0.265 e. The van der Waals surface area contributed by atoms with Crippen LogP contribution >= 0.6 is 11.3 Å². The number of nitrogens with zero attached hydrogens (tertiary/aromatic N) is 2. The van der Waals surface area contributed by atoms with Gasteiger partial charge in [-0.2, -0.15) is 0 Å². The molecule has 6 nitrogen and oxygen atoms in total. The summed E-state index contributed by atoms with van der Waals surface area (Å²) >= 11 is 1.58. The molecule has 3 N–H and O–H groups in total. The molecule has 0 unspecified atom stereocenters. The van der Waals surface area contributed by atoms with Crippen LogP contribution in [0, 0.1) is 0 Å². The van der Waals surface area contributed by atoms with Gasteiger partial charge in [-0.15, -0.1) is 11.3 Å². The Morgan fingerprint density at radius 2 is 1.93 bits per heavy atom. The van der Waals surface area contributed by atoms with Gasteiger partial charge >= 0.3 is 0 Å². The van der Waals surface area contributed by atoms with Crippen LogP contribution in [0.15, 0.2) is 71.1 Å². The number of nitrogens with two attached hydrogens (primary N) is 1. The summed E-state index contributed by atoms with van der Waals surface area (Å²) in [4.78, 5) is 31.1. The van der Waals surface area contributed by atoms with E-state index in [9.17, 15) is 14.7 Å². The zero-order chi connectivity index (χ0) is 21.1. The van der Waals surface area contributed by atoms with Gasteiger partial charge in [0.25, 0.3) is 5.56 Å². The monoisotopic (exact) mass is 420 g/mol. The molecule has 4 aromatic rings. The predicted octanol–water partition coefficient (Wildman–Crippen LogP) is 2.78. The minimum Gasteiger partial charge on any atom is -0.506 e. The van der Waals surface area contributed by atoms with Crippen molar-refractivity contribution in [3.05, 3.63) is 92.7 Å². The Hall–Kier alpha value is -3.29. The summed E-state index contributed by atoms with van der Waals surface area (Å²) in [5.74, 6) is -0.596. The Kier molecular flexibility index (Phi) is 5.74. The van der Waals surface area contributed by atoms with Gasteiger partial charge in [0.2, 0.25) is 0 Å². The van der Waals surface area contributed by atoms with Gasteiger partial charge in [0.05, 0.1) is 16.8 Å². The fraction of sp³-hybridized carbons (Fsp3) is 0.174. The molecule has 3 aromatic heterocycles. The Bertz CT molecular complexity index is 1230. The minimum atomic E-state index is -0.477.